The molecule has 4 aromatic carbocycles. The van der Waals surface area contributed by atoms with Crippen molar-refractivity contribution in [2.24, 2.45) is 5.92 Å². The second-order valence-corrected chi connectivity index (χ2v) is 11.5. The smallest absolute Gasteiger partial charge is 0.238 e. The van der Waals surface area contributed by atoms with E-state index in [1.165, 1.54) is 6.07 Å². The average Bonchev–Trinajstić information content (AvgIpc) is 3.49. The van der Waals surface area contributed by atoms with Crippen molar-refractivity contribution in [2.75, 3.05) is 12.4 Å². The first-order valence-electron chi connectivity index (χ1n) is 13.5. The maximum absolute atomic E-state index is 14.8. The Labute approximate surface area is 252 Å². The van der Waals surface area contributed by atoms with Gasteiger partial charge in [0.15, 0.2) is 11.6 Å². The SMILES string of the molecule is COc1ccc(C(=O)[C@H]2[C@H](C(=O)c3ccc(Cl)cc3Cl)N3C=Cc4ccccc4[C@@H]3[C@]23C(=O)Nc2ccccc23)cc1. The Hall–Kier alpha value is -4.39. The van der Waals surface area contributed by atoms with Gasteiger partial charge in [-0.15, -0.1) is 0 Å². The number of anilines is 1. The van der Waals surface area contributed by atoms with Crippen LogP contribution in [0.15, 0.2) is 97.2 Å². The lowest BCUT2D eigenvalue weighted by molar-refractivity contribution is -0.122. The van der Waals surface area contributed by atoms with Crippen molar-refractivity contribution >= 4 is 52.4 Å². The summed E-state index contributed by atoms with van der Waals surface area (Å²) in [4.78, 5) is 45.8. The Balaban J connectivity index is 1.53. The van der Waals surface area contributed by atoms with Gasteiger partial charge >= 0.3 is 0 Å². The summed E-state index contributed by atoms with van der Waals surface area (Å²) >= 11 is 12.7. The zero-order chi connectivity index (χ0) is 29.2. The van der Waals surface area contributed by atoms with Crippen LogP contribution in [0.25, 0.3) is 6.08 Å². The van der Waals surface area contributed by atoms with Gasteiger partial charge in [0.05, 0.1) is 24.1 Å². The van der Waals surface area contributed by atoms with E-state index in [-0.39, 0.29) is 28.1 Å². The van der Waals surface area contributed by atoms with Crippen LogP contribution in [0, 0.1) is 5.92 Å². The molecular formula is C34H24Cl2N2O4. The van der Waals surface area contributed by atoms with Crippen molar-refractivity contribution < 1.29 is 19.1 Å². The maximum atomic E-state index is 14.8. The molecule has 7 rings (SSSR count). The van der Waals surface area contributed by atoms with Gasteiger partial charge in [0.1, 0.15) is 17.2 Å². The summed E-state index contributed by atoms with van der Waals surface area (Å²) in [6, 6.07) is 24.9. The van der Waals surface area contributed by atoms with Crippen molar-refractivity contribution in [3.63, 3.8) is 0 Å². The molecule has 0 saturated carbocycles. The van der Waals surface area contributed by atoms with Crippen molar-refractivity contribution in [1.29, 1.82) is 0 Å². The first-order valence-corrected chi connectivity index (χ1v) is 14.2. The molecule has 1 spiro atoms. The van der Waals surface area contributed by atoms with E-state index in [9.17, 15) is 14.4 Å². The van der Waals surface area contributed by atoms with Gasteiger partial charge in [-0.3, -0.25) is 14.4 Å². The van der Waals surface area contributed by atoms with Crippen molar-refractivity contribution in [2.45, 2.75) is 17.5 Å². The molecule has 42 heavy (non-hydrogen) atoms. The number of ether oxygens (including phenoxy) is 1. The molecule has 8 heteroatoms. The number of para-hydroxylation sites is 1. The van der Waals surface area contributed by atoms with E-state index in [1.807, 2.05) is 65.7 Å². The van der Waals surface area contributed by atoms with Crippen molar-refractivity contribution in [1.82, 2.24) is 4.90 Å². The van der Waals surface area contributed by atoms with Crippen LogP contribution in [0.4, 0.5) is 5.69 Å². The average molecular weight is 595 g/mol. The van der Waals surface area contributed by atoms with Gasteiger partial charge in [0, 0.05) is 28.0 Å². The molecule has 0 bridgehead atoms. The molecule has 208 valence electrons. The topological polar surface area (TPSA) is 75.7 Å². The summed E-state index contributed by atoms with van der Waals surface area (Å²) in [6.45, 7) is 0. The lowest BCUT2D eigenvalue weighted by atomic mass is 9.62. The molecule has 0 aromatic heterocycles. The van der Waals surface area contributed by atoms with E-state index in [4.69, 9.17) is 27.9 Å². The van der Waals surface area contributed by atoms with Crippen LogP contribution in [0.2, 0.25) is 10.0 Å². The highest BCUT2D eigenvalue weighted by molar-refractivity contribution is 6.37. The first kappa shape index (κ1) is 26.5. The van der Waals surface area contributed by atoms with E-state index < -0.39 is 23.4 Å². The zero-order valence-corrected chi connectivity index (χ0v) is 23.9. The summed E-state index contributed by atoms with van der Waals surface area (Å²) in [5.74, 6) is -1.53. The van der Waals surface area contributed by atoms with Gasteiger partial charge in [-0.1, -0.05) is 65.7 Å². The number of benzene rings is 4. The number of Topliss-reactive ketones (excluding diaryl/α,β-unsaturated/α-hetero) is 2. The van der Waals surface area contributed by atoms with Crippen LogP contribution < -0.4 is 10.1 Å². The Kier molecular flexibility index (Phi) is 6.22. The largest absolute Gasteiger partial charge is 0.497 e. The summed E-state index contributed by atoms with van der Waals surface area (Å²) in [5.41, 5.74) is 2.26. The minimum absolute atomic E-state index is 0.179. The van der Waals surface area contributed by atoms with Gasteiger partial charge in [0.25, 0.3) is 0 Å². The molecule has 3 heterocycles. The Bertz CT molecular complexity index is 1820. The molecule has 0 unspecified atom stereocenters. The van der Waals surface area contributed by atoms with E-state index in [0.29, 0.717) is 27.6 Å². The van der Waals surface area contributed by atoms with Gasteiger partial charge in [-0.25, -0.2) is 0 Å². The fourth-order valence-electron chi connectivity index (χ4n) is 6.95. The number of hydrogen-bond donors (Lipinski definition) is 1. The highest BCUT2D eigenvalue weighted by atomic mass is 35.5. The van der Waals surface area contributed by atoms with Gasteiger partial charge in [0.2, 0.25) is 5.91 Å². The standard InChI is InChI=1S/C34H24Cl2N2O4/c1-42-22-13-10-20(11-14-22)30(39)28-29(31(40)24-15-12-21(35)18-26(24)36)38-17-16-19-6-2-3-7-23(19)32(38)34(28)25-8-4-5-9-27(25)37-33(34)41/h2-18,28-29,32H,1H3,(H,37,41)/t28-,29-,32-,34-/m1/s1. The molecule has 4 atom stereocenters. The van der Waals surface area contributed by atoms with Crippen LogP contribution in [0.3, 0.4) is 0 Å². The number of halogens is 2. The van der Waals surface area contributed by atoms with Crippen molar-refractivity contribution in [3.05, 3.63) is 135 Å². The lowest BCUT2D eigenvalue weighted by Gasteiger charge is -2.38. The monoisotopic (exact) mass is 594 g/mol. The van der Waals surface area contributed by atoms with Crippen LogP contribution >= 0.6 is 23.2 Å². The lowest BCUT2D eigenvalue weighted by Crippen LogP contribution is -2.49. The molecular weight excluding hydrogens is 571 g/mol. The quantitative estimate of drug-likeness (QED) is 0.252. The van der Waals surface area contributed by atoms with E-state index in [2.05, 4.69) is 5.32 Å². The second kappa shape index (κ2) is 9.86. The molecule has 1 fully saturated rings. The van der Waals surface area contributed by atoms with Crippen LogP contribution in [0.5, 0.6) is 5.75 Å². The van der Waals surface area contributed by atoms with E-state index >= 15 is 0 Å². The van der Waals surface area contributed by atoms with Crippen LogP contribution in [-0.4, -0.2) is 35.5 Å². The molecule has 4 aromatic rings. The number of ketones is 2. The third kappa shape index (κ3) is 3.68. The van der Waals surface area contributed by atoms with Gasteiger partial charge < -0.3 is 15.0 Å². The van der Waals surface area contributed by atoms with Crippen molar-refractivity contribution in [3.8, 4) is 5.75 Å². The minimum atomic E-state index is -1.42. The first-order chi connectivity index (χ1) is 20.4. The molecule has 6 nitrogen and oxygen atoms in total. The number of rotatable bonds is 5. The summed E-state index contributed by atoms with van der Waals surface area (Å²) in [7, 11) is 1.55. The third-order valence-electron chi connectivity index (χ3n) is 8.69. The third-order valence-corrected chi connectivity index (χ3v) is 9.24. The van der Waals surface area contributed by atoms with Gasteiger partial charge in [-0.05, 0) is 71.3 Å². The highest BCUT2D eigenvalue weighted by Crippen LogP contribution is 2.62. The number of carbonyl (C=O) groups is 3. The molecule has 1 saturated heterocycles. The zero-order valence-electron chi connectivity index (χ0n) is 22.4. The number of methoxy groups -OCH3 is 1. The van der Waals surface area contributed by atoms with Gasteiger partial charge in [-0.2, -0.15) is 0 Å². The molecule has 3 aliphatic heterocycles. The molecule has 0 radical (unpaired) electrons. The molecule has 1 N–H and O–H groups in total. The molecule has 3 aliphatic rings. The van der Waals surface area contributed by atoms with E-state index in [1.54, 1.807) is 43.5 Å². The Morgan fingerprint density at radius 3 is 2.40 bits per heavy atom. The Morgan fingerprint density at radius 2 is 1.64 bits per heavy atom. The number of amides is 1. The number of hydrogen-bond acceptors (Lipinski definition) is 5. The highest BCUT2D eigenvalue weighted by Gasteiger charge is 2.70. The van der Waals surface area contributed by atoms with Crippen LogP contribution in [-0.2, 0) is 10.2 Å². The number of fused-ring (bicyclic) bond motifs is 6. The summed E-state index contributed by atoms with van der Waals surface area (Å²) in [5, 5.41) is 3.62. The normalized spacial score (nSPS) is 23.3. The fourth-order valence-corrected chi connectivity index (χ4v) is 7.45. The number of nitrogens with one attached hydrogen (secondary N) is 1. The maximum Gasteiger partial charge on any atom is 0.238 e. The minimum Gasteiger partial charge on any atom is -0.497 e. The predicted molar refractivity (Wildman–Crippen MR) is 162 cm³/mol. The Morgan fingerprint density at radius 1 is 0.905 bits per heavy atom. The summed E-state index contributed by atoms with van der Waals surface area (Å²) < 4.78 is 5.32. The summed E-state index contributed by atoms with van der Waals surface area (Å²) in [6.07, 6.45) is 3.75. The number of nitrogens with zero attached hydrogens (tertiary/aromatic N) is 1. The predicted octanol–water partition coefficient (Wildman–Crippen LogP) is 6.98. The molecule has 0 aliphatic carbocycles. The molecule has 1 amide bonds. The van der Waals surface area contributed by atoms with Crippen LogP contribution in [0.1, 0.15) is 43.4 Å². The fraction of sp³-hybridized carbons (Fsp3) is 0.147. The second-order valence-electron chi connectivity index (χ2n) is 10.7. The number of carbonyl (C=O) groups excluding carboxylic acids is 3. The van der Waals surface area contributed by atoms with E-state index in [0.717, 1.165) is 11.1 Å².